The quantitative estimate of drug-likeness (QED) is 0.776. The molecule has 2 N–H and O–H groups in total. The molecule has 0 aromatic carbocycles. The zero-order valence-corrected chi connectivity index (χ0v) is 17.1. The SMILES string of the molecule is CN1CCc2ccc(C(=O)N3CCc4c(C(=O)NCC5CCCO5)n[nH]c4C3)nc21. The Morgan fingerprint density at radius 3 is 3.03 bits per heavy atom. The van der Waals surface area contributed by atoms with Crippen LogP contribution in [0.15, 0.2) is 12.1 Å². The Balaban J connectivity index is 1.26. The molecular formula is C21H26N6O3. The van der Waals surface area contributed by atoms with E-state index in [0.717, 1.165) is 49.5 Å². The molecule has 2 amide bonds. The lowest BCUT2D eigenvalue weighted by Crippen LogP contribution is -2.37. The summed E-state index contributed by atoms with van der Waals surface area (Å²) in [6.45, 7) is 3.13. The standard InChI is InChI=1S/C21H26N6O3/c1-26-8-6-13-4-5-16(23-19(13)26)21(29)27-9-7-15-17(12-27)24-25-18(15)20(28)22-11-14-3-2-10-30-14/h4-5,14H,2-3,6-12H2,1H3,(H,22,28)(H,24,25). The molecule has 9 heteroatoms. The van der Waals surface area contributed by atoms with Crippen molar-refractivity contribution in [3.05, 3.63) is 40.3 Å². The molecular weight excluding hydrogens is 384 g/mol. The highest BCUT2D eigenvalue weighted by Gasteiger charge is 2.29. The molecule has 1 saturated heterocycles. The van der Waals surface area contributed by atoms with Gasteiger partial charge in [-0.1, -0.05) is 6.07 Å². The van der Waals surface area contributed by atoms with Gasteiger partial charge >= 0.3 is 0 Å². The van der Waals surface area contributed by atoms with Crippen LogP contribution < -0.4 is 10.2 Å². The summed E-state index contributed by atoms with van der Waals surface area (Å²) in [7, 11) is 2.00. The fraction of sp³-hybridized carbons (Fsp3) is 0.524. The van der Waals surface area contributed by atoms with Gasteiger partial charge < -0.3 is 19.9 Å². The van der Waals surface area contributed by atoms with Gasteiger partial charge in [0.25, 0.3) is 11.8 Å². The molecule has 0 aliphatic carbocycles. The van der Waals surface area contributed by atoms with Crippen LogP contribution in [0.1, 0.15) is 50.6 Å². The van der Waals surface area contributed by atoms with Crippen LogP contribution in [0.5, 0.6) is 0 Å². The second-order valence-corrected chi connectivity index (χ2v) is 8.20. The summed E-state index contributed by atoms with van der Waals surface area (Å²) in [6.07, 6.45) is 3.66. The average molecular weight is 410 g/mol. The van der Waals surface area contributed by atoms with Crippen LogP contribution in [0.2, 0.25) is 0 Å². The molecule has 3 aliphatic heterocycles. The zero-order chi connectivity index (χ0) is 20.7. The summed E-state index contributed by atoms with van der Waals surface area (Å²) in [6, 6.07) is 3.81. The maximum Gasteiger partial charge on any atom is 0.272 e. The van der Waals surface area contributed by atoms with Crippen molar-refractivity contribution in [1.29, 1.82) is 0 Å². The first-order valence-electron chi connectivity index (χ1n) is 10.6. The fourth-order valence-electron chi connectivity index (χ4n) is 4.45. The third-order valence-corrected chi connectivity index (χ3v) is 6.20. The number of ether oxygens (including phenoxy) is 1. The van der Waals surface area contributed by atoms with Gasteiger partial charge in [-0.3, -0.25) is 14.7 Å². The summed E-state index contributed by atoms with van der Waals surface area (Å²) in [5.41, 5.74) is 3.77. The molecule has 0 bridgehead atoms. The number of anilines is 1. The van der Waals surface area contributed by atoms with Crippen molar-refractivity contribution < 1.29 is 14.3 Å². The van der Waals surface area contributed by atoms with Gasteiger partial charge in [0.15, 0.2) is 5.69 Å². The van der Waals surface area contributed by atoms with E-state index in [0.29, 0.717) is 37.4 Å². The van der Waals surface area contributed by atoms with Crippen molar-refractivity contribution in [2.24, 2.45) is 0 Å². The number of aromatic nitrogens is 3. The third kappa shape index (κ3) is 3.43. The van der Waals surface area contributed by atoms with E-state index in [1.54, 1.807) is 4.90 Å². The molecule has 1 fully saturated rings. The molecule has 3 aliphatic rings. The first-order valence-corrected chi connectivity index (χ1v) is 10.6. The van der Waals surface area contributed by atoms with Gasteiger partial charge in [0.2, 0.25) is 0 Å². The third-order valence-electron chi connectivity index (χ3n) is 6.20. The lowest BCUT2D eigenvalue weighted by Gasteiger charge is -2.27. The van der Waals surface area contributed by atoms with Crippen LogP contribution in [-0.4, -0.2) is 71.3 Å². The number of hydrogen-bond donors (Lipinski definition) is 2. The molecule has 5 rings (SSSR count). The lowest BCUT2D eigenvalue weighted by atomic mass is 10.0. The van der Waals surface area contributed by atoms with Crippen molar-refractivity contribution in [3.63, 3.8) is 0 Å². The van der Waals surface area contributed by atoms with Crippen LogP contribution in [0.25, 0.3) is 0 Å². The number of aromatic amines is 1. The molecule has 0 saturated carbocycles. The molecule has 1 unspecified atom stereocenters. The molecule has 9 nitrogen and oxygen atoms in total. The number of hydrogen-bond acceptors (Lipinski definition) is 6. The number of amides is 2. The number of nitrogens with zero attached hydrogens (tertiary/aromatic N) is 4. The van der Waals surface area contributed by atoms with Gasteiger partial charge in [0.05, 0.1) is 18.3 Å². The number of rotatable bonds is 4. The van der Waals surface area contributed by atoms with E-state index in [2.05, 4.69) is 25.4 Å². The maximum atomic E-state index is 13.0. The minimum atomic E-state index is -0.189. The van der Waals surface area contributed by atoms with Crippen LogP contribution >= 0.6 is 0 Å². The van der Waals surface area contributed by atoms with E-state index in [-0.39, 0.29) is 17.9 Å². The van der Waals surface area contributed by atoms with Crippen molar-refractivity contribution in [3.8, 4) is 0 Å². The normalized spacial score (nSPS) is 20.2. The highest BCUT2D eigenvalue weighted by atomic mass is 16.5. The number of carbonyl (C=O) groups excluding carboxylic acids is 2. The minimum absolute atomic E-state index is 0.0932. The molecule has 1 atom stereocenters. The number of nitrogens with one attached hydrogen (secondary N) is 2. The Labute approximate surface area is 174 Å². The first-order chi connectivity index (χ1) is 14.6. The molecule has 0 spiro atoms. The largest absolute Gasteiger partial charge is 0.376 e. The number of fused-ring (bicyclic) bond motifs is 2. The zero-order valence-electron chi connectivity index (χ0n) is 17.1. The Morgan fingerprint density at radius 2 is 2.20 bits per heavy atom. The van der Waals surface area contributed by atoms with Crippen molar-refractivity contribution in [2.75, 3.05) is 38.2 Å². The molecule has 5 heterocycles. The van der Waals surface area contributed by atoms with Crippen LogP contribution in [0, 0.1) is 0 Å². The topological polar surface area (TPSA) is 103 Å². The maximum absolute atomic E-state index is 13.0. The predicted octanol–water partition coefficient (Wildman–Crippen LogP) is 0.904. The van der Waals surface area contributed by atoms with Crippen LogP contribution in [0.4, 0.5) is 5.82 Å². The van der Waals surface area contributed by atoms with E-state index in [9.17, 15) is 9.59 Å². The van der Waals surface area contributed by atoms with Gasteiger partial charge in [-0.2, -0.15) is 5.10 Å². The van der Waals surface area contributed by atoms with Crippen LogP contribution in [0.3, 0.4) is 0 Å². The van der Waals surface area contributed by atoms with Crippen molar-refractivity contribution in [1.82, 2.24) is 25.4 Å². The predicted molar refractivity (Wildman–Crippen MR) is 110 cm³/mol. The number of H-pyrrole nitrogens is 1. The average Bonchev–Trinajstić information content (AvgIpc) is 3.51. The van der Waals surface area contributed by atoms with Crippen molar-refractivity contribution in [2.45, 2.75) is 38.3 Å². The number of carbonyl (C=O) groups is 2. The van der Waals surface area contributed by atoms with Crippen LogP contribution in [-0.2, 0) is 24.1 Å². The Morgan fingerprint density at radius 1 is 1.30 bits per heavy atom. The smallest absolute Gasteiger partial charge is 0.272 e. The van der Waals surface area contributed by atoms with E-state index in [1.165, 1.54) is 5.56 Å². The van der Waals surface area contributed by atoms with E-state index < -0.39 is 0 Å². The lowest BCUT2D eigenvalue weighted by molar-refractivity contribution is 0.0726. The van der Waals surface area contributed by atoms with E-state index in [1.807, 2.05) is 19.2 Å². The Kier molecular flexibility index (Phi) is 4.90. The molecule has 2 aromatic heterocycles. The van der Waals surface area contributed by atoms with E-state index in [4.69, 9.17) is 4.74 Å². The summed E-state index contributed by atoms with van der Waals surface area (Å²) < 4.78 is 5.55. The van der Waals surface area contributed by atoms with Gasteiger partial charge in [-0.15, -0.1) is 0 Å². The molecule has 2 aromatic rings. The van der Waals surface area contributed by atoms with Crippen molar-refractivity contribution >= 4 is 17.6 Å². The van der Waals surface area contributed by atoms with Gasteiger partial charge in [0.1, 0.15) is 11.5 Å². The summed E-state index contributed by atoms with van der Waals surface area (Å²) >= 11 is 0. The monoisotopic (exact) mass is 410 g/mol. The summed E-state index contributed by atoms with van der Waals surface area (Å²) in [4.78, 5) is 34.0. The highest BCUT2D eigenvalue weighted by molar-refractivity contribution is 5.95. The Bertz CT molecular complexity index is 981. The Hall–Kier alpha value is -2.94. The molecule has 30 heavy (non-hydrogen) atoms. The summed E-state index contributed by atoms with van der Waals surface area (Å²) in [5, 5.41) is 10.1. The summed E-state index contributed by atoms with van der Waals surface area (Å²) in [5.74, 6) is 0.610. The molecule has 0 radical (unpaired) electrons. The molecule has 158 valence electrons. The second-order valence-electron chi connectivity index (χ2n) is 8.20. The fourth-order valence-corrected chi connectivity index (χ4v) is 4.45. The first kappa shape index (κ1) is 19.0. The number of likely N-dealkylation sites (N-methyl/N-ethyl adjacent to an activating group) is 1. The van der Waals surface area contributed by atoms with Gasteiger partial charge in [-0.25, -0.2) is 4.98 Å². The number of pyridine rings is 1. The van der Waals surface area contributed by atoms with Gasteiger partial charge in [-0.05, 0) is 37.3 Å². The highest BCUT2D eigenvalue weighted by Crippen LogP contribution is 2.26. The van der Waals surface area contributed by atoms with E-state index >= 15 is 0 Å². The minimum Gasteiger partial charge on any atom is -0.376 e. The second kappa shape index (κ2) is 7.71. The van der Waals surface area contributed by atoms with Gasteiger partial charge in [0, 0.05) is 38.9 Å².